The third-order valence-electron chi connectivity index (χ3n) is 3.47. The van der Waals surface area contributed by atoms with Crippen LogP contribution in [0, 0.1) is 0 Å². The maximum atomic E-state index is 12.8. The van der Waals surface area contributed by atoms with Crippen LogP contribution in [0.1, 0.15) is 6.92 Å². The Morgan fingerprint density at radius 3 is 2.00 bits per heavy atom. The summed E-state index contributed by atoms with van der Waals surface area (Å²) in [6.45, 7) is 1.66. The van der Waals surface area contributed by atoms with Gasteiger partial charge in [0.25, 0.3) is 5.91 Å². The number of ether oxygens (including phenoxy) is 1. The summed E-state index contributed by atoms with van der Waals surface area (Å²) in [7, 11) is 0. The molecule has 1 heterocycles. The molecule has 1 aliphatic heterocycles. The van der Waals surface area contributed by atoms with Crippen molar-refractivity contribution < 1.29 is 9.53 Å². The predicted octanol–water partition coefficient (Wildman–Crippen LogP) is 6.12. The molecule has 1 aliphatic rings. The van der Waals surface area contributed by atoms with Gasteiger partial charge in [-0.05, 0) is 19.1 Å². The van der Waals surface area contributed by atoms with Crippen molar-refractivity contribution in [3.05, 3.63) is 55.4 Å². The molecule has 1 unspecified atom stereocenters. The van der Waals surface area contributed by atoms with Gasteiger partial charge in [-0.1, -0.05) is 76.2 Å². The lowest BCUT2D eigenvalue weighted by molar-refractivity contribution is -0.121. The SMILES string of the molecule is CC1=NN(c2c(Cl)c(Cl)c(Cl)c(Cl)c2Cl)C(=O)C1Oc1ccccc1. The van der Waals surface area contributed by atoms with Crippen molar-refractivity contribution in [1.29, 1.82) is 0 Å². The standard InChI is InChI=1S/C16H9Cl5N2O2/c1-7-15(25-8-5-3-2-4-6-8)16(24)23(22-7)14-12(20)10(18)9(17)11(19)13(14)21/h2-6,15H,1H3. The molecule has 4 nitrogen and oxygen atoms in total. The quantitative estimate of drug-likeness (QED) is 0.428. The third-order valence-corrected chi connectivity index (χ3v) is 5.72. The highest BCUT2D eigenvalue weighted by atomic mass is 35.5. The lowest BCUT2D eigenvalue weighted by atomic mass is 10.2. The lowest BCUT2D eigenvalue weighted by Gasteiger charge is -2.19. The summed E-state index contributed by atoms with van der Waals surface area (Å²) in [6.07, 6.45) is -0.914. The molecule has 130 valence electrons. The molecule has 0 N–H and O–H groups in total. The number of hydrogen-bond acceptors (Lipinski definition) is 3. The highest BCUT2D eigenvalue weighted by Crippen LogP contribution is 2.49. The molecule has 0 radical (unpaired) electrons. The van der Waals surface area contributed by atoms with Crippen LogP contribution in [0.2, 0.25) is 25.1 Å². The summed E-state index contributed by atoms with van der Waals surface area (Å²) < 4.78 is 5.72. The first kappa shape index (κ1) is 18.6. The summed E-state index contributed by atoms with van der Waals surface area (Å²) in [5, 5.41) is 5.16. The molecular weight excluding hydrogens is 429 g/mol. The van der Waals surface area contributed by atoms with Crippen LogP contribution in [0.25, 0.3) is 0 Å². The van der Waals surface area contributed by atoms with Crippen molar-refractivity contribution in [1.82, 2.24) is 0 Å². The van der Waals surface area contributed by atoms with E-state index in [0.29, 0.717) is 11.5 Å². The minimum atomic E-state index is -0.914. The Kier molecular flexibility index (Phi) is 5.37. The number of rotatable bonds is 3. The summed E-state index contributed by atoms with van der Waals surface area (Å²) in [6, 6.07) is 8.91. The Labute approximate surface area is 168 Å². The topological polar surface area (TPSA) is 41.9 Å². The van der Waals surface area contributed by atoms with Crippen LogP contribution in [0.4, 0.5) is 5.69 Å². The number of nitrogens with zero attached hydrogens (tertiary/aromatic N) is 2. The third kappa shape index (κ3) is 3.29. The normalized spacial score (nSPS) is 17.0. The van der Waals surface area contributed by atoms with Gasteiger partial charge in [0.2, 0.25) is 6.10 Å². The van der Waals surface area contributed by atoms with E-state index < -0.39 is 12.0 Å². The summed E-state index contributed by atoms with van der Waals surface area (Å²) in [5.74, 6) is 0.0567. The fraction of sp³-hybridized carbons (Fsp3) is 0.125. The van der Waals surface area contributed by atoms with Gasteiger partial charge in [-0.15, -0.1) is 0 Å². The van der Waals surface area contributed by atoms with Crippen molar-refractivity contribution in [3.8, 4) is 5.75 Å². The summed E-state index contributed by atoms with van der Waals surface area (Å²) >= 11 is 30.5. The van der Waals surface area contributed by atoms with Gasteiger partial charge in [0.05, 0.1) is 30.8 Å². The Morgan fingerprint density at radius 2 is 1.44 bits per heavy atom. The van der Waals surface area contributed by atoms with E-state index in [-0.39, 0.29) is 30.8 Å². The molecule has 0 spiro atoms. The van der Waals surface area contributed by atoms with Crippen LogP contribution >= 0.6 is 58.0 Å². The van der Waals surface area contributed by atoms with E-state index in [1.165, 1.54) is 0 Å². The maximum Gasteiger partial charge on any atom is 0.294 e. The number of hydrogen-bond donors (Lipinski definition) is 0. The largest absolute Gasteiger partial charge is 0.474 e. The van der Waals surface area contributed by atoms with Gasteiger partial charge >= 0.3 is 0 Å². The molecule has 2 aromatic rings. The molecule has 1 amide bonds. The summed E-state index contributed by atoms with van der Waals surface area (Å²) in [5.41, 5.74) is 0.495. The number of amides is 1. The van der Waals surface area contributed by atoms with Gasteiger partial charge in [0.15, 0.2) is 0 Å². The number of hydrazone groups is 1. The molecule has 0 bridgehead atoms. The highest BCUT2D eigenvalue weighted by molar-refractivity contribution is 6.57. The van der Waals surface area contributed by atoms with Gasteiger partial charge in [0.1, 0.15) is 11.4 Å². The first-order chi connectivity index (χ1) is 11.8. The van der Waals surface area contributed by atoms with E-state index in [0.717, 1.165) is 5.01 Å². The first-order valence-corrected chi connectivity index (χ1v) is 8.84. The summed E-state index contributed by atoms with van der Waals surface area (Å²) in [4.78, 5) is 12.8. The second-order valence-electron chi connectivity index (χ2n) is 5.12. The van der Waals surface area contributed by atoms with Crippen LogP contribution in [-0.4, -0.2) is 17.7 Å². The van der Waals surface area contributed by atoms with E-state index >= 15 is 0 Å². The van der Waals surface area contributed by atoms with Crippen LogP contribution in [0.3, 0.4) is 0 Å². The molecule has 0 aliphatic carbocycles. The Hall–Kier alpha value is -1.17. The monoisotopic (exact) mass is 436 g/mol. The zero-order chi connectivity index (χ0) is 18.3. The van der Waals surface area contributed by atoms with Crippen molar-refractivity contribution in [3.63, 3.8) is 0 Å². The van der Waals surface area contributed by atoms with Crippen LogP contribution in [0.15, 0.2) is 35.4 Å². The van der Waals surface area contributed by atoms with E-state index in [9.17, 15) is 4.79 Å². The number of para-hydroxylation sites is 1. The molecule has 25 heavy (non-hydrogen) atoms. The number of anilines is 1. The smallest absolute Gasteiger partial charge is 0.294 e. The fourth-order valence-electron chi connectivity index (χ4n) is 2.26. The lowest BCUT2D eigenvalue weighted by Crippen LogP contribution is -2.36. The minimum absolute atomic E-state index is 0.00603. The van der Waals surface area contributed by atoms with Gasteiger partial charge in [-0.2, -0.15) is 10.1 Å². The zero-order valence-corrected chi connectivity index (χ0v) is 16.3. The molecular formula is C16H9Cl5N2O2. The van der Waals surface area contributed by atoms with E-state index in [1.54, 1.807) is 31.2 Å². The van der Waals surface area contributed by atoms with E-state index in [2.05, 4.69) is 5.10 Å². The van der Waals surface area contributed by atoms with Crippen molar-refractivity contribution in [2.45, 2.75) is 13.0 Å². The molecule has 0 saturated heterocycles. The molecule has 1 atom stereocenters. The fourth-order valence-corrected chi connectivity index (χ4v) is 3.55. The van der Waals surface area contributed by atoms with Crippen LogP contribution in [-0.2, 0) is 4.79 Å². The van der Waals surface area contributed by atoms with Crippen LogP contribution in [0.5, 0.6) is 5.75 Å². The number of carbonyl (C=O) groups excluding carboxylic acids is 1. The van der Waals surface area contributed by atoms with Gasteiger partial charge < -0.3 is 4.74 Å². The number of carbonyl (C=O) groups is 1. The average Bonchev–Trinajstić information content (AvgIpc) is 2.87. The maximum absolute atomic E-state index is 12.8. The van der Waals surface area contributed by atoms with Gasteiger partial charge in [0, 0.05) is 0 Å². The zero-order valence-electron chi connectivity index (χ0n) is 12.6. The minimum Gasteiger partial charge on any atom is -0.474 e. The molecule has 0 aromatic heterocycles. The van der Waals surface area contributed by atoms with Gasteiger partial charge in [-0.25, -0.2) is 0 Å². The second kappa shape index (κ2) is 7.22. The van der Waals surface area contributed by atoms with Crippen LogP contribution < -0.4 is 9.75 Å². The van der Waals surface area contributed by atoms with Crippen molar-refractivity contribution >= 4 is 75.3 Å². The average molecular weight is 439 g/mol. The molecule has 0 saturated carbocycles. The molecule has 3 rings (SSSR count). The Bertz CT molecular complexity index is 857. The number of halogens is 5. The Morgan fingerprint density at radius 1 is 0.920 bits per heavy atom. The van der Waals surface area contributed by atoms with E-state index in [4.69, 9.17) is 62.7 Å². The number of benzene rings is 2. The van der Waals surface area contributed by atoms with E-state index in [1.807, 2.05) is 6.07 Å². The molecule has 0 fully saturated rings. The predicted molar refractivity (Wildman–Crippen MR) is 103 cm³/mol. The van der Waals surface area contributed by atoms with Crippen molar-refractivity contribution in [2.75, 3.05) is 5.01 Å². The Balaban J connectivity index is 2.00. The molecule has 2 aromatic carbocycles. The first-order valence-electron chi connectivity index (χ1n) is 6.95. The highest BCUT2D eigenvalue weighted by Gasteiger charge is 2.39. The van der Waals surface area contributed by atoms with Gasteiger partial charge in [-0.3, -0.25) is 4.79 Å². The second-order valence-corrected chi connectivity index (χ2v) is 7.01. The van der Waals surface area contributed by atoms with Crippen molar-refractivity contribution in [2.24, 2.45) is 5.10 Å². The molecule has 9 heteroatoms.